The van der Waals surface area contributed by atoms with Crippen molar-refractivity contribution in [3.8, 4) is 12.3 Å². The van der Waals surface area contributed by atoms with Crippen molar-refractivity contribution < 1.29 is 19.1 Å². The Morgan fingerprint density at radius 2 is 1.81 bits per heavy atom. The average Bonchev–Trinajstić information content (AvgIpc) is 2.61. The average molecular weight is 381 g/mol. The van der Waals surface area contributed by atoms with Crippen molar-refractivity contribution >= 4 is 17.6 Å². The number of carbonyl (C=O) groups is 3. The van der Waals surface area contributed by atoms with Crippen LogP contribution in [0.1, 0.15) is 71.6 Å². The molecule has 0 aliphatic heterocycles. The van der Waals surface area contributed by atoms with Gasteiger partial charge in [0, 0.05) is 38.1 Å². The third-order valence-corrected chi connectivity index (χ3v) is 4.26. The number of hydrogen-bond acceptors (Lipinski definition) is 4. The van der Waals surface area contributed by atoms with E-state index in [1.807, 2.05) is 0 Å². The van der Waals surface area contributed by atoms with Crippen LogP contribution in [-0.4, -0.2) is 37.4 Å². The lowest BCUT2D eigenvalue weighted by atomic mass is 9.91. The lowest BCUT2D eigenvalue weighted by Crippen LogP contribution is -2.27. The van der Waals surface area contributed by atoms with E-state index in [0.29, 0.717) is 51.4 Å². The molecule has 1 unspecified atom stereocenters. The highest BCUT2D eigenvalue weighted by molar-refractivity contribution is 5.78. The summed E-state index contributed by atoms with van der Waals surface area (Å²) in [5.41, 5.74) is 5.44. The maximum absolute atomic E-state index is 11.8. The Morgan fingerprint density at radius 1 is 1.07 bits per heavy atom. The minimum atomic E-state index is -0.218. The van der Waals surface area contributed by atoms with Crippen LogP contribution in [0.5, 0.6) is 0 Å². The number of carbonyl (C=O) groups excluding carboxylic acids is 3. The van der Waals surface area contributed by atoms with Gasteiger partial charge in [-0.05, 0) is 25.2 Å². The van der Waals surface area contributed by atoms with E-state index >= 15 is 0 Å². The van der Waals surface area contributed by atoms with Crippen molar-refractivity contribution in [3.05, 3.63) is 0 Å². The Labute approximate surface area is 164 Å². The molecule has 27 heavy (non-hydrogen) atoms. The Hall–Kier alpha value is -1.87. The maximum Gasteiger partial charge on any atom is 0.221 e. The monoisotopic (exact) mass is 380 g/mol. The highest BCUT2D eigenvalue weighted by Gasteiger charge is 2.16. The molecule has 0 spiro atoms. The van der Waals surface area contributed by atoms with Gasteiger partial charge in [0.05, 0.1) is 13.2 Å². The Morgan fingerprint density at radius 3 is 2.44 bits per heavy atom. The summed E-state index contributed by atoms with van der Waals surface area (Å²) in [4.78, 5) is 34.5. The molecule has 0 aromatic carbocycles. The zero-order valence-corrected chi connectivity index (χ0v) is 16.9. The molecule has 3 N–H and O–H groups in total. The molecule has 154 valence electrons. The van der Waals surface area contributed by atoms with Crippen molar-refractivity contribution in [2.75, 3.05) is 19.8 Å². The number of rotatable bonds is 17. The molecule has 0 aliphatic rings. The van der Waals surface area contributed by atoms with E-state index in [1.54, 1.807) is 0 Å². The summed E-state index contributed by atoms with van der Waals surface area (Å²) in [5, 5.41) is 2.71. The second kappa shape index (κ2) is 16.3. The van der Waals surface area contributed by atoms with E-state index in [4.69, 9.17) is 16.9 Å². The highest BCUT2D eigenvalue weighted by Crippen LogP contribution is 2.18. The number of amides is 2. The van der Waals surface area contributed by atoms with Gasteiger partial charge in [-0.3, -0.25) is 14.4 Å². The van der Waals surface area contributed by atoms with Crippen LogP contribution in [0.15, 0.2) is 0 Å². The number of primary amides is 1. The standard InChI is InChI=1S/C21H36N2O4/c1-4-5-11-20(25)23-13-15-27-14-12-19(24)10-8-6-7-9-18(21(22)26)16-17(2)3/h1,17-18H,5-16H2,2-3H3,(H2,22,26)(H,23,25). The fourth-order valence-corrected chi connectivity index (χ4v) is 2.78. The zero-order chi connectivity index (χ0) is 20.5. The first kappa shape index (κ1) is 25.1. The lowest BCUT2D eigenvalue weighted by Gasteiger charge is -2.15. The van der Waals surface area contributed by atoms with Gasteiger partial charge in [0.1, 0.15) is 5.78 Å². The molecule has 0 aliphatic carbocycles. The Kier molecular flexibility index (Phi) is 15.2. The Bertz CT molecular complexity index is 483. The quantitative estimate of drug-likeness (QED) is 0.299. The third kappa shape index (κ3) is 16.1. The van der Waals surface area contributed by atoms with Crippen molar-refractivity contribution in [3.63, 3.8) is 0 Å². The Balaban J connectivity index is 3.58. The molecule has 1 atom stereocenters. The molecule has 0 rings (SSSR count). The lowest BCUT2D eigenvalue weighted by molar-refractivity contribution is -0.123. The van der Waals surface area contributed by atoms with E-state index in [9.17, 15) is 14.4 Å². The van der Waals surface area contributed by atoms with Gasteiger partial charge in [0.15, 0.2) is 0 Å². The van der Waals surface area contributed by atoms with Crippen molar-refractivity contribution in [1.82, 2.24) is 5.32 Å². The molecule has 0 saturated carbocycles. The summed E-state index contributed by atoms with van der Waals surface area (Å²) in [5.74, 6) is 2.70. The minimum absolute atomic E-state index is 0.0545. The molecule has 0 aromatic heterocycles. The van der Waals surface area contributed by atoms with Gasteiger partial charge >= 0.3 is 0 Å². The van der Waals surface area contributed by atoms with Gasteiger partial charge in [-0.25, -0.2) is 0 Å². The van der Waals surface area contributed by atoms with Crippen LogP contribution in [0.25, 0.3) is 0 Å². The summed E-state index contributed by atoms with van der Waals surface area (Å²) >= 11 is 0. The van der Waals surface area contributed by atoms with Crippen LogP contribution in [0.3, 0.4) is 0 Å². The van der Waals surface area contributed by atoms with Crippen LogP contribution in [0.2, 0.25) is 0 Å². The first-order valence-electron chi connectivity index (χ1n) is 9.95. The minimum Gasteiger partial charge on any atom is -0.379 e. The second-order valence-electron chi connectivity index (χ2n) is 7.28. The van der Waals surface area contributed by atoms with E-state index in [-0.39, 0.29) is 23.5 Å². The van der Waals surface area contributed by atoms with Gasteiger partial charge in [-0.15, -0.1) is 12.3 Å². The molecule has 0 aromatic rings. The fraction of sp³-hybridized carbons (Fsp3) is 0.762. The number of ether oxygens (including phenoxy) is 1. The predicted molar refractivity (Wildman–Crippen MR) is 107 cm³/mol. The largest absolute Gasteiger partial charge is 0.379 e. The second-order valence-corrected chi connectivity index (χ2v) is 7.28. The zero-order valence-electron chi connectivity index (χ0n) is 16.9. The molecule has 0 bridgehead atoms. The van der Waals surface area contributed by atoms with E-state index in [0.717, 1.165) is 32.1 Å². The SMILES string of the molecule is C#CCCC(=O)NCCOCCC(=O)CCCCCC(CC(C)C)C(N)=O. The van der Waals surface area contributed by atoms with Gasteiger partial charge in [-0.1, -0.05) is 26.7 Å². The van der Waals surface area contributed by atoms with Crippen LogP contribution >= 0.6 is 0 Å². The molecule has 0 saturated heterocycles. The molecule has 0 fully saturated rings. The van der Waals surface area contributed by atoms with Gasteiger partial charge in [0.25, 0.3) is 0 Å². The molecule has 6 heteroatoms. The first-order chi connectivity index (χ1) is 12.9. The molecule has 6 nitrogen and oxygen atoms in total. The van der Waals surface area contributed by atoms with Gasteiger partial charge in [-0.2, -0.15) is 0 Å². The number of Topliss-reactive ketones (excluding diaryl/α,β-unsaturated/α-hetero) is 1. The van der Waals surface area contributed by atoms with Gasteiger partial charge in [0.2, 0.25) is 11.8 Å². The van der Waals surface area contributed by atoms with Crippen molar-refractivity contribution in [2.45, 2.75) is 71.6 Å². The first-order valence-corrected chi connectivity index (χ1v) is 9.95. The summed E-state index contributed by atoms with van der Waals surface area (Å²) in [6, 6.07) is 0. The predicted octanol–water partition coefficient (Wildman–Crippen LogP) is 2.59. The molecular weight excluding hydrogens is 344 g/mol. The maximum atomic E-state index is 11.8. The van der Waals surface area contributed by atoms with Crippen molar-refractivity contribution in [2.24, 2.45) is 17.6 Å². The number of nitrogens with one attached hydrogen (secondary N) is 1. The number of terminal acetylenes is 1. The van der Waals surface area contributed by atoms with Crippen LogP contribution in [0, 0.1) is 24.2 Å². The molecule has 0 heterocycles. The van der Waals surface area contributed by atoms with Crippen molar-refractivity contribution in [1.29, 1.82) is 0 Å². The molecule has 0 radical (unpaired) electrons. The van der Waals surface area contributed by atoms with E-state index in [2.05, 4.69) is 25.1 Å². The number of ketones is 1. The normalized spacial score (nSPS) is 11.8. The third-order valence-electron chi connectivity index (χ3n) is 4.26. The summed E-state index contributed by atoms with van der Waals surface area (Å²) in [7, 11) is 0. The molecular formula is C21H36N2O4. The van der Waals surface area contributed by atoms with E-state index < -0.39 is 0 Å². The van der Waals surface area contributed by atoms with E-state index in [1.165, 1.54) is 0 Å². The fourth-order valence-electron chi connectivity index (χ4n) is 2.78. The number of hydrogen-bond donors (Lipinski definition) is 2. The summed E-state index contributed by atoms with van der Waals surface area (Å²) < 4.78 is 5.35. The summed E-state index contributed by atoms with van der Waals surface area (Å²) in [6.07, 6.45) is 11.1. The van der Waals surface area contributed by atoms with Gasteiger partial charge < -0.3 is 15.8 Å². The smallest absolute Gasteiger partial charge is 0.221 e. The number of nitrogens with two attached hydrogens (primary N) is 1. The van der Waals surface area contributed by atoms with Crippen LogP contribution < -0.4 is 11.1 Å². The number of unbranched alkanes of at least 4 members (excludes halogenated alkanes) is 2. The van der Waals surface area contributed by atoms with Crippen LogP contribution in [-0.2, 0) is 19.1 Å². The highest BCUT2D eigenvalue weighted by atomic mass is 16.5. The topological polar surface area (TPSA) is 98.5 Å². The molecule has 2 amide bonds. The van der Waals surface area contributed by atoms with Crippen LogP contribution in [0.4, 0.5) is 0 Å². The summed E-state index contributed by atoms with van der Waals surface area (Å²) in [6.45, 7) is 5.36.